The average Bonchev–Trinajstić information content (AvgIpc) is 2.80. The zero-order valence-electron chi connectivity index (χ0n) is 11.5. The molecule has 2 amide bonds. The van der Waals surface area contributed by atoms with Gasteiger partial charge in [-0.2, -0.15) is 0 Å². The first-order valence-electron chi connectivity index (χ1n) is 6.85. The molecule has 18 heavy (non-hydrogen) atoms. The van der Waals surface area contributed by atoms with E-state index in [9.17, 15) is 9.59 Å². The first kappa shape index (κ1) is 13.5. The number of carbonyl (C=O) groups is 2. The molecule has 0 radical (unpaired) electrons. The molecular weight excluding hydrogens is 230 g/mol. The van der Waals surface area contributed by atoms with Crippen LogP contribution < -0.4 is 5.32 Å². The van der Waals surface area contributed by atoms with Crippen LogP contribution in [0.4, 0.5) is 0 Å². The van der Waals surface area contributed by atoms with E-state index in [0.29, 0.717) is 12.3 Å². The smallest absolute Gasteiger partial charge is 0.230 e. The molecule has 0 aromatic heterocycles. The molecule has 1 heterocycles. The van der Waals surface area contributed by atoms with Crippen molar-refractivity contribution in [2.24, 2.45) is 17.3 Å². The molecule has 0 aromatic carbocycles. The number of hydrogen-bond acceptors (Lipinski definition) is 3. The van der Waals surface area contributed by atoms with Crippen LogP contribution in [0.5, 0.6) is 0 Å². The van der Waals surface area contributed by atoms with Crippen LogP contribution in [-0.2, 0) is 14.3 Å². The van der Waals surface area contributed by atoms with Crippen LogP contribution in [-0.4, -0.2) is 25.0 Å². The van der Waals surface area contributed by atoms with Gasteiger partial charge in [0.25, 0.3) is 0 Å². The molecule has 1 N–H and O–H groups in total. The maximum Gasteiger partial charge on any atom is 0.230 e. The largest absolute Gasteiger partial charge is 0.381 e. The summed E-state index contributed by atoms with van der Waals surface area (Å²) in [4.78, 5) is 23.9. The van der Waals surface area contributed by atoms with Crippen molar-refractivity contribution < 1.29 is 14.3 Å². The molecule has 2 aliphatic rings. The summed E-state index contributed by atoms with van der Waals surface area (Å²) < 4.78 is 5.45. The highest BCUT2D eigenvalue weighted by Gasteiger charge is 2.52. The highest BCUT2D eigenvalue weighted by molar-refractivity contribution is 5.99. The van der Waals surface area contributed by atoms with Crippen molar-refractivity contribution in [3.05, 3.63) is 0 Å². The molecule has 2 rings (SSSR count). The number of nitrogens with one attached hydrogen (secondary N) is 1. The van der Waals surface area contributed by atoms with Gasteiger partial charge in [-0.1, -0.05) is 19.8 Å². The average molecular weight is 253 g/mol. The van der Waals surface area contributed by atoms with Gasteiger partial charge in [0.15, 0.2) is 0 Å². The van der Waals surface area contributed by atoms with Gasteiger partial charge in [-0.15, -0.1) is 0 Å². The van der Waals surface area contributed by atoms with Crippen molar-refractivity contribution in [1.29, 1.82) is 0 Å². The second kappa shape index (κ2) is 5.00. The summed E-state index contributed by atoms with van der Waals surface area (Å²) in [5.74, 6) is 0.0542. The Morgan fingerprint density at radius 2 is 1.94 bits per heavy atom. The first-order valence-corrected chi connectivity index (χ1v) is 6.85. The molecule has 0 bridgehead atoms. The fourth-order valence-electron chi connectivity index (χ4n) is 3.72. The number of piperidine rings is 1. The normalized spacial score (nSPS) is 35.6. The van der Waals surface area contributed by atoms with Crippen molar-refractivity contribution >= 4 is 11.8 Å². The third kappa shape index (κ3) is 2.18. The molecule has 4 heteroatoms. The Balaban J connectivity index is 2.30. The number of carbonyl (C=O) groups excluding carboxylic acids is 2. The Hall–Kier alpha value is -0.900. The van der Waals surface area contributed by atoms with Crippen molar-refractivity contribution in [3.63, 3.8) is 0 Å². The van der Waals surface area contributed by atoms with Crippen molar-refractivity contribution in [2.45, 2.75) is 52.1 Å². The summed E-state index contributed by atoms with van der Waals surface area (Å²) in [6.45, 7) is 3.99. The highest BCUT2D eigenvalue weighted by atomic mass is 16.5. The van der Waals surface area contributed by atoms with Gasteiger partial charge in [0, 0.05) is 24.9 Å². The van der Waals surface area contributed by atoms with Gasteiger partial charge in [-0.3, -0.25) is 14.9 Å². The molecule has 0 spiro atoms. The first-order chi connectivity index (χ1) is 8.49. The second-order valence-corrected chi connectivity index (χ2v) is 6.00. The Labute approximate surface area is 108 Å². The zero-order chi connectivity index (χ0) is 13.3. The number of imide groups is 1. The second-order valence-electron chi connectivity index (χ2n) is 6.00. The third-order valence-corrected chi connectivity index (χ3v) is 4.95. The van der Waals surface area contributed by atoms with Gasteiger partial charge in [0.1, 0.15) is 0 Å². The minimum atomic E-state index is -0.372. The van der Waals surface area contributed by atoms with E-state index in [2.05, 4.69) is 5.32 Å². The Bertz CT molecular complexity index is 349. The van der Waals surface area contributed by atoms with Crippen LogP contribution >= 0.6 is 0 Å². The number of rotatable bonds is 3. The van der Waals surface area contributed by atoms with E-state index in [1.807, 2.05) is 13.8 Å². The third-order valence-electron chi connectivity index (χ3n) is 4.95. The lowest BCUT2D eigenvalue weighted by Gasteiger charge is -2.45. The quantitative estimate of drug-likeness (QED) is 0.781. The summed E-state index contributed by atoms with van der Waals surface area (Å²) >= 11 is 0. The Kier molecular flexibility index (Phi) is 3.76. The number of amides is 2. The summed E-state index contributed by atoms with van der Waals surface area (Å²) in [6.07, 6.45) is 4.88. The molecule has 3 atom stereocenters. The Morgan fingerprint density at radius 3 is 2.50 bits per heavy atom. The lowest BCUT2D eigenvalue weighted by Crippen LogP contribution is -2.57. The molecule has 1 saturated carbocycles. The molecule has 0 aromatic rings. The maximum atomic E-state index is 12.2. The number of ether oxygens (including phenoxy) is 1. The lowest BCUT2D eigenvalue weighted by atomic mass is 9.63. The van der Waals surface area contributed by atoms with Crippen LogP contribution in [0.3, 0.4) is 0 Å². The van der Waals surface area contributed by atoms with Crippen LogP contribution in [0.1, 0.15) is 46.0 Å². The zero-order valence-corrected chi connectivity index (χ0v) is 11.5. The lowest BCUT2D eigenvalue weighted by molar-refractivity contribution is -0.153. The van der Waals surface area contributed by atoms with Gasteiger partial charge >= 0.3 is 0 Å². The fraction of sp³-hybridized carbons (Fsp3) is 0.857. The Morgan fingerprint density at radius 1 is 1.33 bits per heavy atom. The van der Waals surface area contributed by atoms with E-state index in [4.69, 9.17) is 4.74 Å². The van der Waals surface area contributed by atoms with E-state index in [1.165, 1.54) is 12.8 Å². The molecular formula is C14H23NO3. The monoisotopic (exact) mass is 253 g/mol. The van der Waals surface area contributed by atoms with Crippen molar-refractivity contribution in [3.8, 4) is 0 Å². The minimum Gasteiger partial charge on any atom is -0.381 e. The van der Waals surface area contributed by atoms with Crippen LogP contribution in [0.15, 0.2) is 0 Å². The van der Waals surface area contributed by atoms with E-state index in [1.54, 1.807) is 7.11 Å². The molecule has 2 fully saturated rings. The van der Waals surface area contributed by atoms with Gasteiger partial charge in [-0.25, -0.2) is 0 Å². The van der Waals surface area contributed by atoms with Crippen molar-refractivity contribution in [2.75, 3.05) is 7.11 Å². The summed E-state index contributed by atoms with van der Waals surface area (Å²) in [5, 5.41) is 2.51. The van der Waals surface area contributed by atoms with Crippen LogP contribution in [0.25, 0.3) is 0 Å². The predicted octanol–water partition coefficient (Wildman–Crippen LogP) is 1.88. The fourth-order valence-corrected chi connectivity index (χ4v) is 3.72. The molecule has 4 nitrogen and oxygen atoms in total. The van der Waals surface area contributed by atoms with Gasteiger partial charge < -0.3 is 4.74 Å². The highest BCUT2D eigenvalue weighted by Crippen LogP contribution is 2.47. The minimum absolute atomic E-state index is 0.0851. The van der Waals surface area contributed by atoms with Crippen LogP contribution in [0.2, 0.25) is 0 Å². The van der Waals surface area contributed by atoms with Gasteiger partial charge in [0.05, 0.1) is 6.10 Å². The predicted molar refractivity (Wildman–Crippen MR) is 67.8 cm³/mol. The van der Waals surface area contributed by atoms with Gasteiger partial charge in [0.2, 0.25) is 11.8 Å². The molecule has 1 aliphatic carbocycles. The van der Waals surface area contributed by atoms with Crippen LogP contribution in [0, 0.1) is 17.3 Å². The number of methoxy groups -OCH3 is 1. The summed E-state index contributed by atoms with van der Waals surface area (Å²) in [5.41, 5.74) is -0.372. The molecule has 1 aliphatic heterocycles. The van der Waals surface area contributed by atoms with E-state index < -0.39 is 0 Å². The molecule has 3 unspecified atom stereocenters. The topological polar surface area (TPSA) is 55.4 Å². The standard InChI is InChI=1S/C14H23NO3/c1-9(18-3)14(2)8-11(16)15-13(17)12(14)10-6-4-5-7-10/h9-10,12H,4-8H2,1-3H3,(H,15,16,17). The number of hydrogen-bond donors (Lipinski definition) is 1. The SMILES string of the molecule is COC(C)C1(C)CC(=O)NC(=O)C1C1CCCC1. The van der Waals surface area contributed by atoms with Crippen molar-refractivity contribution in [1.82, 2.24) is 5.32 Å². The molecule has 1 saturated heterocycles. The van der Waals surface area contributed by atoms with E-state index in [0.717, 1.165) is 12.8 Å². The van der Waals surface area contributed by atoms with Gasteiger partial charge in [-0.05, 0) is 25.7 Å². The van der Waals surface area contributed by atoms with E-state index in [-0.39, 0.29) is 29.3 Å². The molecule has 102 valence electrons. The summed E-state index contributed by atoms with van der Waals surface area (Å²) in [6, 6.07) is 0. The van der Waals surface area contributed by atoms with E-state index >= 15 is 0 Å². The summed E-state index contributed by atoms with van der Waals surface area (Å²) in [7, 11) is 1.65. The maximum absolute atomic E-state index is 12.2.